The fraction of sp³-hybridized carbons (Fsp3) is 0.409. The number of hydrogen-bond acceptors (Lipinski definition) is 7. The van der Waals surface area contributed by atoms with Gasteiger partial charge in [0, 0.05) is 16.3 Å². The van der Waals surface area contributed by atoms with E-state index in [1.165, 1.54) is 11.3 Å². The number of carbonyl (C=O) groups is 3. The van der Waals surface area contributed by atoms with Crippen LogP contribution in [0.3, 0.4) is 0 Å². The predicted molar refractivity (Wildman–Crippen MR) is 121 cm³/mol. The fourth-order valence-electron chi connectivity index (χ4n) is 3.50. The van der Waals surface area contributed by atoms with Crippen LogP contribution in [0.4, 0.5) is 21.2 Å². The lowest BCUT2D eigenvalue weighted by molar-refractivity contribution is -0.114. The van der Waals surface area contributed by atoms with Crippen molar-refractivity contribution in [2.24, 2.45) is 0 Å². The minimum atomic E-state index is -0.530. The number of benzene rings is 1. The third-order valence-corrected chi connectivity index (χ3v) is 6.15. The van der Waals surface area contributed by atoms with E-state index in [1.807, 2.05) is 13.0 Å². The van der Waals surface area contributed by atoms with Crippen LogP contribution in [0.15, 0.2) is 18.2 Å². The molecule has 3 N–H and O–H groups in total. The lowest BCUT2D eigenvalue weighted by Gasteiger charge is -2.14. The lowest BCUT2D eigenvalue weighted by Crippen LogP contribution is -2.23. The van der Waals surface area contributed by atoms with Gasteiger partial charge in [0.2, 0.25) is 5.91 Å². The molecule has 8 nitrogen and oxygen atoms in total. The second-order valence-electron chi connectivity index (χ2n) is 7.01. The van der Waals surface area contributed by atoms with Gasteiger partial charge in [0.25, 0.3) is 0 Å². The first-order valence-corrected chi connectivity index (χ1v) is 11.1. The summed E-state index contributed by atoms with van der Waals surface area (Å²) in [6.45, 7) is 5.91. The molecule has 1 aliphatic rings. The topological polar surface area (TPSA) is 106 Å². The molecule has 1 aliphatic carbocycles. The minimum absolute atomic E-state index is 0.00846. The van der Waals surface area contributed by atoms with Gasteiger partial charge in [-0.15, -0.1) is 11.3 Å². The summed E-state index contributed by atoms with van der Waals surface area (Å²) in [4.78, 5) is 37.9. The minimum Gasteiger partial charge on any atom is -0.462 e. The molecule has 166 valence electrons. The number of amides is 2. The second-order valence-corrected chi connectivity index (χ2v) is 8.11. The van der Waals surface area contributed by atoms with Gasteiger partial charge in [-0.25, -0.2) is 9.59 Å². The number of aryl methyl sites for hydroxylation is 1. The van der Waals surface area contributed by atoms with Gasteiger partial charge in [0.1, 0.15) is 5.00 Å². The molecule has 0 spiro atoms. The number of nitrogens with one attached hydrogen (secondary N) is 3. The lowest BCUT2D eigenvalue weighted by atomic mass is 10.1. The molecule has 0 saturated carbocycles. The van der Waals surface area contributed by atoms with Crippen LogP contribution < -0.4 is 16.0 Å². The Kier molecular flexibility index (Phi) is 7.51. The van der Waals surface area contributed by atoms with E-state index in [-0.39, 0.29) is 25.7 Å². The molecule has 0 radical (unpaired) electrons. The van der Waals surface area contributed by atoms with E-state index < -0.39 is 12.1 Å². The van der Waals surface area contributed by atoms with Crippen LogP contribution in [0.2, 0.25) is 0 Å². The molecule has 0 fully saturated rings. The molecule has 0 unspecified atom stereocenters. The molecule has 31 heavy (non-hydrogen) atoms. The van der Waals surface area contributed by atoms with Gasteiger partial charge >= 0.3 is 12.1 Å². The average Bonchev–Trinajstić information content (AvgIpc) is 3.29. The first-order valence-electron chi connectivity index (χ1n) is 10.3. The highest BCUT2D eigenvalue weighted by atomic mass is 32.1. The zero-order valence-electron chi connectivity index (χ0n) is 17.9. The number of hydrogen-bond donors (Lipinski definition) is 3. The molecule has 1 aromatic heterocycles. The molecular weight excluding hydrogens is 418 g/mol. The molecule has 3 rings (SSSR count). The Morgan fingerprint density at radius 3 is 2.52 bits per heavy atom. The second kappa shape index (κ2) is 10.3. The van der Waals surface area contributed by atoms with Crippen molar-refractivity contribution in [3.8, 4) is 0 Å². The Balaban J connectivity index is 1.66. The SMILES string of the molecule is CCOC(=O)Nc1cccc(NCC(=O)Nc2sc3c(c2C(=O)OCC)CCC3)c1C. The number of anilines is 3. The predicted octanol–water partition coefficient (Wildman–Crippen LogP) is 4.34. The van der Waals surface area contributed by atoms with Gasteiger partial charge in [-0.2, -0.15) is 0 Å². The highest BCUT2D eigenvalue weighted by molar-refractivity contribution is 7.17. The van der Waals surface area contributed by atoms with Crippen LogP contribution in [-0.4, -0.2) is 37.7 Å². The molecule has 0 saturated heterocycles. The largest absolute Gasteiger partial charge is 0.462 e. The van der Waals surface area contributed by atoms with Crippen molar-refractivity contribution in [2.45, 2.75) is 40.0 Å². The number of rotatable bonds is 8. The van der Waals surface area contributed by atoms with Gasteiger partial charge in [-0.05, 0) is 63.3 Å². The molecule has 0 bridgehead atoms. The number of fused-ring (bicyclic) bond motifs is 1. The Labute approximate surface area is 185 Å². The Hall–Kier alpha value is -3.07. The molecule has 0 atom stereocenters. The highest BCUT2D eigenvalue weighted by Gasteiger charge is 2.28. The van der Waals surface area contributed by atoms with E-state index in [1.54, 1.807) is 26.0 Å². The van der Waals surface area contributed by atoms with Gasteiger partial charge in [0.05, 0.1) is 25.3 Å². The van der Waals surface area contributed by atoms with Gasteiger partial charge in [-0.1, -0.05) is 6.07 Å². The van der Waals surface area contributed by atoms with Crippen molar-refractivity contribution >= 4 is 45.7 Å². The zero-order chi connectivity index (χ0) is 22.4. The normalized spacial score (nSPS) is 12.1. The van der Waals surface area contributed by atoms with E-state index in [0.29, 0.717) is 21.9 Å². The number of esters is 1. The summed E-state index contributed by atoms with van der Waals surface area (Å²) in [5.74, 6) is -0.660. The van der Waals surface area contributed by atoms with Crippen molar-refractivity contribution in [3.63, 3.8) is 0 Å². The zero-order valence-corrected chi connectivity index (χ0v) is 18.7. The van der Waals surface area contributed by atoms with Crippen molar-refractivity contribution in [1.29, 1.82) is 0 Å². The van der Waals surface area contributed by atoms with Crippen LogP contribution in [-0.2, 0) is 27.1 Å². The summed E-state index contributed by atoms with van der Waals surface area (Å²) in [7, 11) is 0. The Bertz CT molecular complexity index is 986. The van der Waals surface area contributed by atoms with Crippen molar-refractivity contribution < 1.29 is 23.9 Å². The molecule has 1 aromatic carbocycles. The molecule has 1 heterocycles. The summed E-state index contributed by atoms with van der Waals surface area (Å²) in [5.41, 5.74) is 3.59. The summed E-state index contributed by atoms with van der Waals surface area (Å²) in [6, 6.07) is 5.36. The van der Waals surface area contributed by atoms with E-state index in [4.69, 9.17) is 9.47 Å². The van der Waals surface area contributed by atoms with Crippen molar-refractivity contribution in [3.05, 3.63) is 39.8 Å². The first kappa shape index (κ1) is 22.6. The molecule has 9 heteroatoms. The summed E-state index contributed by atoms with van der Waals surface area (Å²) in [6.07, 6.45) is 2.23. The Morgan fingerprint density at radius 2 is 1.77 bits per heavy atom. The third kappa shape index (κ3) is 5.35. The van der Waals surface area contributed by atoms with Crippen LogP contribution in [0.25, 0.3) is 0 Å². The smallest absolute Gasteiger partial charge is 0.411 e. The van der Waals surface area contributed by atoms with Gasteiger partial charge in [0.15, 0.2) is 0 Å². The summed E-state index contributed by atoms with van der Waals surface area (Å²) in [5, 5.41) is 9.17. The van der Waals surface area contributed by atoms with E-state index in [0.717, 1.165) is 35.3 Å². The van der Waals surface area contributed by atoms with Gasteiger partial charge < -0.3 is 20.1 Å². The molecule has 2 aromatic rings. The monoisotopic (exact) mass is 445 g/mol. The van der Waals surface area contributed by atoms with E-state index >= 15 is 0 Å². The summed E-state index contributed by atoms with van der Waals surface area (Å²) >= 11 is 1.45. The highest BCUT2D eigenvalue weighted by Crippen LogP contribution is 2.39. The third-order valence-electron chi connectivity index (χ3n) is 4.94. The number of thiophene rings is 1. The Morgan fingerprint density at radius 1 is 1.03 bits per heavy atom. The van der Waals surface area contributed by atoms with Gasteiger partial charge in [-0.3, -0.25) is 10.1 Å². The van der Waals surface area contributed by atoms with Crippen LogP contribution in [0.5, 0.6) is 0 Å². The number of ether oxygens (including phenoxy) is 2. The van der Waals surface area contributed by atoms with E-state index in [9.17, 15) is 14.4 Å². The summed E-state index contributed by atoms with van der Waals surface area (Å²) < 4.78 is 10.1. The van der Waals surface area contributed by atoms with Crippen LogP contribution in [0, 0.1) is 6.92 Å². The maximum Gasteiger partial charge on any atom is 0.411 e. The van der Waals surface area contributed by atoms with Crippen LogP contribution >= 0.6 is 11.3 Å². The first-order chi connectivity index (χ1) is 14.9. The maximum atomic E-state index is 12.6. The quantitative estimate of drug-likeness (QED) is 0.522. The molecule has 0 aliphatic heterocycles. The van der Waals surface area contributed by atoms with Crippen molar-refractivity contribution in [2.75, 3.05) is 35.7 Å². The number of carbonyl (C=O) groups excluding carboxylic acids is 3. The van der Waals surface area contributed by atoms with Crippen LogP contribution in [0.1, 0.15) is 46.6 Å². The molecular formula is C22H27N3O5S. The fourth-order valence-corrected chi connectivity index (χ4v) is 4.79. The maximum absolute atomic E-state index is 12.6. The standard InChI is InChI=1S/C22H27N3O5S/c1-4-29-21(27)19-14-8-6-11-17(14)31-20(19)25-18(26)12-23-15-9-7-10-16(13(15)3)24-22(28)30-5-2/h7,9-10,23H,4-6,8,11-12H2,1-3H3,(H,24,28)(H,25,26). The molecule has 2 amide bonds. The van der Waals surface area contributed by atoms with E-state index in [2.05, 4.69) is 16.0 Å². The average molecular weight is 446 g/mol. The van der Waals surface area contributed by atoms with Crippen molar-refractivity contribution in [1.82, 2.24) is 0 Å².